The van der Waals surface area contributed by atoms with Gasteiger partial charge in [-0.05, 0) is 128 Å². The molecule has 0 heterocycles. The highest BCUT2D eigenvalue weighted by Gasteiger charge is 2.32. The highest BCUT2D eigenvalue weighted by atomic mass is 19.2. The van der Waals surface area contributed by atoms with Crippen LogP contribution in [0.15, 0.2) is 36.4 Å². The van der Waals surface area contributed by atoms with E-state index in [0.717, 1.165) is 24.8 Å². The minimum Gasteiger partial charge on any atom is -0.207 e. The van der Waals surface area contributed by atoms with Crippen molar-refractivity contribution >= 4 is 0 Å². The van der Waals surface area contributed by atoms with Crippen LogP contribution in [0, 0.1) is 46.3 Å². The number of nitrogens with zero attached hydrogens (tertiary/aromatic N) is 1. The first kappa shape index (κ1) is 27.4. The molecule has 5 rings (SSSR count). The molecule has 3 aromatic carbocycles. The number of nitriles is 1. The van der Waals surface area contributed by atoms with E-state index in [0.29, 0.717) is 61.6 Å². The van der Waals surface area contributed by atoms with E-state index in [-0.39, 0.29) is 40.3 Å². The van der Waals surface area contributed by atoms with Crippen molar-refractivity contribution in [3.63, 3.8) is 0 Å². The van der Waals surface area contributed by atoms with Gasteiger partial charge in [0.2, 0.25) is 0 Å². The Morgan fingerprint density at radius 1 is 0.821 bits per heavy atom. The molecule has 1 saturated carbocycles. The molecule has 0 bridgehead atoms. The lowest BCUT2D eigenvalue weighted by Crippen LogP contribution is -2.21. The summed E-state index contributed by atoms with van der Waals surface area (Å²) in [5, 5.41) is 8.91. The van der Waals surface area contributed by atoms with Gasteiger partial charge in [0.05, 0.1) is 5.56 Å². The van der Waals surface area contributed by atoms with E-state index in [2.05, 4.69) is 0 Å². The van der Waals surface area contributed by atoms with E-state index < -0.39 is 23.3 Å². The number of benzene rings is 3. The van der Waals surface area contributed by atoms with E-state index in [1.807, 2.05) is 19.1 Å². The summed E-state index contributed by atoms with van der Waals surface area (Å²) in [5.74, 6) is -3.64. The Balaban J connectivity index is 1.25. The largest absolute Gasteiger partial charge is 0.207 e. The molecule has 6 heteroatoms. The predicted molar refractivity (Wildman–Crippen MR) is 141 cm³/mol. The molecule has 1 nitrogen and oxygen atoms in total. The summed E-state index contributed by atoms with van der Waals surface area (Å²) < 4.78 is 74.1. The Labute approximate surface area is 226 Å². The maximum absolute atomic E-state index is 15.7. The zero-order valence-electron chi connectivity index (χ0n) is 22.1. The lowest BCUT2D eigenvalue weighted by Gasteiger charge is -2.32. The van der Waals surface area contributed by atoms with E-state index >= 15 is 8.78 Å². The number of hydrogen-bond donors (Lipinski definition) is 0. The smallest absolute Gasteiger partial charge is 0.176 e. The summed E-state index contributed by atoms with van der Waals surface area (Å²) in [5.41, 5.74) is 2.96. The maximum atomic E-state index is 15.7. The molecule has 0 saturated heterocycles. The predicted octanol–water partition coefficient (Wildman–Crippen LogP) is 9.00. The van der Waals surface area contributed by atoms with E-state index in [9.17, 15) is 13.2 Å². The highest BCUT2D eigenvalue weighted by molar-refractivity contribution is 5.40. The van der Waals surface area contributed by atoms with Crippen LogP contribution < -0.4 is 0 Å². The minimum absolute atomic E-state index is 0.121. The van der Waals surface area contributed by atoms with Gasteiger partial charge in [-0.3, -0.25) is 0 Å². The summed E-state index contributed by atoms with van der Waals surface area (Å²) in [7, 11) is 0. The molecule has 3 aromatic rings. The van der Waals surface area contributed by atoms with Gasteiger partial charge < -0.3 is 0 Å². The molecule has 0 amide bonds. The summed E-state index contributed by atoms with van der Waals surface area (Å²) in [6, 6.07) is 11.2. The average molecular weight is 538 g/mol. The van der Waals surface area contributed by atoms with Crippen LogP contribution >= 0.6 is 0 Å². The molecule has 1 fully saturated rings. The van der Waals surface area contributed by atoms with E-state index in [1.54, 1.807) is 12.1 Å². The first-order valence-electron chi connectivity index (χ1n) is 14.0. The van der Waals surface area contributed by atoms with Crippen LogP contribution in [0.2, 0.25) is 0 Å². The third-order valence-corrected chi connectivity index (χ3v) is 8.91. The van der Waals surface area contributed by atoms with Crippen LogP contribution in [0.1, 0.15) is 96.2 Å². The van der Waals surface area contributed by atoms with Gasteiger partial charge in [0, 0.05) is 5.56 Å². The standard InChI is InChI=1S/C33H32F5N/c1-2-19-3-6-22(28(34)16-19)7-4-20-5-13-27-25(15-20)17-29(35)30(32(27)37)23-10-8-21(9-11-23)26-14-12-24(18-39)31(36)33(26)38/h3,6,12,14,16-17,20-21,23H,2,4-5,7-11,13,15H2,1H3. The molecule has 204 valence electrons. The van der Waals surface area contributed by atoms with Crippen LogP contribution in [0.3, 0.4) is 0 Å². The zero-order valence-corrected chi connectivity index (χ0v) is 22.1. The average Bonchev–Trinajstić information content (AvgIpc) is 2.94. The Hall–Kier alpha value is -3.20. The normalized spacial score (nSPS) is 20.9. The fraction of sp³-hybridized carbons (Fsp3) is 0.424. The van der Waals surface area contributed by atoms with Gasteiger partial charge >= 0.3 is 0 Å². The van der Waals surface area contributed by atoms with Crippen LogP contribution in [0.5, 0.6) is 0 Å². The number of hydrogen-bond acceptors (Lipinski definition) is 1. The quantitative estimate of drug-likeness (QED) is 0.288. The summed E-state index contributed by atoms with van der Waals surface area (Å²) in [4.78, 5) is 0. The van der Waals surface area contributed by atoms with Crippen molar-refractivity contribution < 1.29 is 22.0 Å². The number of halogens is 5. The Kier molecular flexibility index (Phi) is 8.07. The lowest BCUT2D eigenvalue weighted by molar-refractivity contribution is 0.360. The molecule has 2 aliphatic carbocycles. The van der Waals surface area contributed by atoms with Crippen molar-refractivity contribution in [3.05, 3.63) is 104 Å². The molecule has 39 heavy (non-hydrogen) atoms. The Morgan fingerprint density at radius 2 is 1.56 bits per heavy atom. The number of rotatable bonds is 6. The summed E-state index contributed by atoms with van der Waals surface area (Å²) >= 11 is 0. The summed E-state index contributed by atoms with van der Waals surface area (Å²) in [6.07, 6.45) is 5.96. The van der Waals surface area contributed by atoms with Crippen molar-refractivity contribution in [2.45, 2.75) is 83.0 Å². The van der Waals surface area contributed by atoms with Crippen LogP contribution in [-0.4, -0.2) is 0 Å². The first-order valence-corrected chi connectivity index (χ1v) is 14.0. The number of fused-ring (bicyclic) bond motifs is 1. The molecule has 0 radical (unpaired) electrons. The monoisotopic (exact) mass is 537 g/mol. The van der Waals surface area contributed by atoms with Crippen molar-refractivity contribution in [2.24, 2.45) is 5.92 Å². The first-order chi connectivity index (χ1) is 18.8. The van der Waals surface area contributed by atoms with Gasteiger partial charge in [-0.2, -0.15) is 5.26 Å². The van der Waals surface area contributed by atoms with Gasteiger partial charge in [0.1, 0.15) is 23.5 Å². The Morgan fingerprint density at radius 3 is 2.26 bits per heavy atom. The van der Waals surface area contributed by atoms with Crippen LogP contribution in [-0.2, 0) is 25.7 Å². The highest BCUT2D eigenvalue weighted by Crippen LogP contribution is 2.44. The molecule has 0 spiro atoms. The van der Waals surface area contributed by atoms with Crippen molar-refractivity contribution in [3.8, 4) is 6.07 Å². The van der Waals surface area contributed by atoms with Gasteiger partial charge in [-0.1, -0.05) is 25.1 Å². The third kappa shape index (κ3) is 5.46. The lowest BCUT2D eigenvalue weighted by atomic mass is 9.74. The maximum Gasteiger partial charge on any atom is 0.176 e. The SMILES string of the molecule is CCc1ccc(CCC2CCc3c(cc(F)c(C4CCC(c5ccc(C#N)c(F)c5F)CC4)c3F)C2)c(F)c1. The molecular formula is C33H32F5N. The molecule has 0 aromatic heterocycles. The second-order valence-electron chi connectivity index (χ2n) is 11.1. The Bertz CT molecular complexity index is 1410. The fourth-order valence-electron chi connectivity index (χ4n) is 6.59. The van der Waals surface area contributed by atoms with Crippen molar-refractivity contribution in [1.29, 1.82) is 5.26 Å². The molecule has 1 atom stereocenters. The number of aryl methyl sites for hydroxylation is 2. The summed E-state index contributed by atoms with van der Waals surface area (Å²) in [6.45, 7) is 1.99. The van der Waals surface area contributed by atoms with Crippen molar-refractivity contribution in [2.75, 3.05) is 0 Å². The molecule has 2 aliphatic rings. The van der Waals surface area contributed by atoms with Crippen LogP contribution in [0.4, 0.5) is 22.0 Å². The van der Waals surface area contributed by atoms with Gasteiger partial charge in [-0.25, -0.2) is 22.0 Å². The second-order valence-corrected chi connectivity index (χ2v) is 11.1. The topological polar surface area (TPSA) is 23.8 Å². The zero-order chi connectivity index (χ0) is 27.7. The second kappa shape index (κ2) is 11.5. The molecular weight excluding hydrogens is 505 g/mol. The molecule has 0 aliphatic heterocycles. The minimum atomic E-state index is -1.14. The fourth-order valence-corrected chi connectivity index (χ4v) is 6.59. The third-order valence-electron chi connectivity index (χ3n) is 8.91. The van der Waals surface area contributed by atoms with E-state index in [1.165, 1.54) is 18.2 Å². The van der Waals surface area contributed by atoms with Crippen LogP contribution in [0.25, 0.3) is 0 Å². The van der Waals surface area contributed by atoms with Crippen molar-refractivity contribution in [1.82, 2.24) is 0 Å². The molecule has 1 unspecified atom stereocenters. The van der Waals surface area contributed by atoms with Gasteiger partial charge in [0.25, 0.3) is 0 Å². The van der Waals surface area contributed by atoms with Gasteiger partial charge in [0.15, 0.2) is 11.6 Å². The molecule has 0 N–H and O–H groups in total. The van der Waals surface area contributed by atoms with E-state index in [4.69, 9.17) is 5.26 Å². The van der Waals surface area contributed by atoms with Gasteiger partial charge in [-0.15, -0.1) is 0 Å².